The van der Waals surface area contributed by atoms with E-state index >= 15 is 0 Å². The average molecular weight is 377 g/mol. The highest BCUT2D eigenvalue weighted by Crippen LogP contribution is 2.28. The van der Waals surface area contributed by atoms with Crippen LogP contribution in [0.1, 0.15) is 5.69 Å². The molecule has 0 saturated heterocycles. The summed E-state index contributed by atoms with van der Waals surface area (Å²) < 4.78 is 13.0. The molecule has 4 aromatic rings. The molecule has 2 heterocycles. The minimum atomic E-state index is 0.604. The lowest BCUT2D eigenvalue weighted by Gasteiger charge is -2.04. The molecule has 0 bridgehead atoms. The first kappa shape index (κ1) is 17.4. The van der Waals surface area contributed by atoms with Gasteiger partial charge < -0.3 is 13.7 Å². The van der Waals surface area contributed by atoms with Crippen LogP contribution in [0.5, 0.6) is 5.75 Å². The molecule has 6 heteroatoms. The third-order valence-corrected chi connectivity index (χ3v) is 5.18. The summed E-state index contributed by atoms with van der Waals surface area (Å²) in [6.07, 6.45) is 3.59. The van der Waals surface area contributed by atoms with E-state index in [1.54, 1.807) is 25.1 Å². The van der Waals surface area contributed by atoms with E-state index in [1.807, 2.05) is 48.5 Å². The van der Waals surface area contributed by atoms with E-state index in [1.165, 1.54) is 0 Å². The first-order chi connectivity index (χ1) is 13.3. The zero-order valence-corrected chi connectivity index (χ0v) is 15.8. The van der Waals surface area contributed by atoms with Crippen molar-refractivity contribution in [3.63, 3.8) is 0 Å². The maximum atomic E-state index is 5.64. The van der Waals surface area contributed by atoms with Crippen molar-refractivity contribution in [2.24, 2.45) is 0 Å². The summed E-state index contributed by atoms with van der Waals surface area (Å²) in [5.41, 5.74) is 3.90. The van der Waals surface area contributed by atoms with E-state index in [0.29, 0.717) is 11.6 Å². The Morgan fingerprint density at radius 2 is 1.96 bits per heavy atom. The Bertz CT molecular complexity index is 1070. The zero-order valence-electron chi connectivity index (χ0n) is 15.0. The number of hydrogen-bond acceptors (Lipinski definition) is 5. The van der Waals surface area contributed by atoms with Gasteiger partial charge in [-0.3, -0.25) is 0 Å². The number of imidazole rings is 1. The third kappa shape index (κ3) is 3.61. The molecular formula is C21H19N3O2S. The van der Waals surface area contributed by atoms with E-state index < -0.39 is 0 Å². The second kappa shape index (κ2) is 7.72. The number of benzene rings is 2. The molecule has 0 aliphatic rings. The molecule has 2 aromatic carbocycles. The topological polar surface area (TPSA) is 53.1 Å². The fourth-order valence-corrected chi connectivity index (χ4v) is 3.75. The number of hydrogen-bond donors (Lipinski definition) is 0. The lowest BCUT2D eigenvalue weighted by Crippen LogP contribution is -1.97. The first-order valence-corrected chi connectivity index (χ1v) is 9.55. The van der Waals surface area contributed by atoms with Crippen molar-refractivity contribution in [1.29, 1.82) is 0 Å². The van der Waals surface area contributed by atoms with Crippen molar-refractivity contribution in [3.8, 4) is 17.2 Å². The standard InChI is InChI=1S/C21H19N3O2S/c1-3-12-24-19-7-5-4-6-18(19)23-21(24)27-14-16-13-26-20(22-16)15-8-10-17(25-2)11-9-15/h3-11,13H,1,12,14H2,2H3. The van der Waals surface area contributed by atoms with Gasteiger partial charge in [0, 0.05) is 17.9 Å². The molecule has 0 N–H and O–H groups in total. The van der Waals surface area contributed by atoms with Crippen LogP contribution >= 0.6 is 11.8 Å². The molecule has 0 aliphatic carbocycles. The highest BCUT2D eigenvalue weighted by atomic mass is 32.2. The number of rotatable bonds is 7. The molecule has 0 amide bonds. The highest BCUT2D eigenvalue weighted by Gasteiger charge is 2.12. The van der Waals surface area contributed by atoms with Crippen LogP contribution in [0.3, 0.4) is 0 Å². The van der Waals surface area contributed by atoms with Crippen LogP contribution < -0.4 is 4.74 Å². The molecule has 0 spiro atoms. The summed E-state index contributed by atoms with van der Waals surface area (Å²) in [7, 11) is 1.65. The summed E-state index contributed by atoms with van der Waals surface area (Å²) in [6.45, 7) is 4.58. The normalized spacial score (nSPS) is 11.0. The van der Waals surface area contributed by atoms with Gasteiger partial charge in [-0.05, 0) is 36.4 Å². The van der Waals surface area contributed by atoms with Gasteiger partial charge in [-0.2, -0.15) is 0 Å². The number of ether oxygens (including phenoxy) is 1. The molecule has 27 heavy (non-hydrogen) atoms. The van der Waals surface area contributed by atoms with Gasteiger partial charge in [0.2, 0.25) is 5.89 Å². The number of aromatic nitrogens is 3. The molecular weight excluding hydrogens is 358 g/mol. The maximum Gasteiger partial charge on any atom is 0.226 e. The monoisotopic (exact) mass is 377 g/mol. The van der Waals surface area contributed by atoms with Crippen LogP contribution in [0.25, 0.3) is 22.5 Å². The predicted molar refractivity (Wildman–Crippen MR) is 108 cm³/mol. The van der Waals surface area contributed by atoms with Crippen molar-refractivity contribution in [3.05, 3.63) is 73.1 Å². The van der Waals surface area contributed by atoms with Crippen molar-refractivity contribution < 1.29 is 9.15 Å². The molecule has 0 saturated carbocycles. The number of thioether (sulfide) groups is 1. The third-order valence-electron chi connectivity index (χ3n) is 4.17. The predicted octanol–water partition coefficient (Wildman–Crippen LogP) is 5.18. The van der Waals surface area contributed by atoms with E-state index in [0.717, 1.165) is 39.7 Å². The molecule has 2 aromatic heterocycles. The Labute approximate surface area is 161 Å². The molecule has 5 nitrogen and oxygen atoms in total. The van der Waals surface area contributed by atoms with E-state index in [9.17, 15) is 0 Å². The van der Waals surface area contributed by atoms with Gasteiger partial charge in [0.25, 0.3) is 0 Å². The fourth-order valence-electron chi connectivity index (χ4n) is 2.85. The summed E-state index contributed by atoms with van der Waals surface area (Å²) in [5, 5.41) is 0.949. The van der Waals surface area contributed by atoms with Crippen molar-refractivity contribution in [2.45, 2.75) is 17.5 Å². The second-order valence-electron chi connectivity index (χ2n) is 5.94. The zero-order chi connectivity index (χ0) is 18.6. The van der Waals surface area contributed by atoms with Crippen LogP contribution in [0.2, 0.25) is 0 Å². The Morgan fingerprint density at radius 3 is 2.74 bits per heavy atom. The molecule has 0 atom stereocenters. The smallest absolute Gasteiger partial charge is 0.226 e. The Balaban J connectivity index is 1.52. The molecule has 0 aliphatic heterocycles. The molecule has 0 fully saturated rings. The Kier molecular flexibility index (Phi) is 4.98. The quantitative estimate of drug-likeness (QED) is 0.328. The minimum absolute atomic E-state index is 0.604. The van der Waals surface area contributed by atoms with Gasteiger partial charge in [-0.25, -0.2) is 9.97 Å². The maximum absolute atomic E-state index is 5.64. The number of fused-ring (bicyclic) bond motifs is 1. The molecule has 136 valence electrons. The summed E-state index contributed by atoms with van der Waals surface area (Å²) in [6, 6.07) is 15.8. The highest BCUT2D eigenvalue weighted by molar-refractivity contribution is 7.98. The summed E-state index contributed by atoms with van der Waals surface area (Å²) in [4.78, 5) is 9.33. The fraction of sp³-hybridized carbons (Fsp3) is 0.143. The number of oxazole rings is 1. The lowest BCUT2D eigenvalue weighted by molar-refractivity contribution is 0.415. The van der Waals surface area contributed by atoms with Gasteiger partial charge in [0.05, 0.1) is 23.8 Å². The summed E-state index contributed by atoms with van der Waals surface area (Å²) >= 11 is 1.64. The number of nitrogens with zero attached hydrogens (tertiary/aromatic N) is 3. The van der Waals surface area contributed by atoms with Crippen LogP contribution in [-0.2, 0) is 12.3 Å². The Hall–Kier alpha value is -2.99. The van der Waals surface area contributed by atoms with Crippen LogP contribution in [0.4, 0.5) is 0 Å². The number of allylic oxidation sites excluding steroid dienone is 1. The van der Waals surface area contributed by atoms with Crippen molar-refractivity contribution in [2.75, 3.05) is 7.11 Å². The lowest BCUT2D eigenvalue weighted by atomic mass is 10.2. The van der Waals surface area contributed by atoms with E-state index in [2.05, 4.69) is 22.2 Å². The van der Waals surface area contributed by atoms with Gasteiger partial charge >= 0.3 is 0 Å². The molecule has 0 radical (unpaired) electrons. The van der Waals surface area contributed by atoms with Gasteiger partial charge in [-0.1, -0.05) is 30.0 Å². The number of para-hydroxylation sites is 2. The second-order valence-corrected chi connectivity index (χ2v) is 6.89. The minimum Gasteiger partial charge on any atom is -0.497 e. The van der Waals surface area contributed by atoms with Crippen LogP contribution in [-0.4, -0.2) is 21.6 Å². The van der Waals surface area contributed by atoms with E-state index in [-0.39, 0.29) is 0 Å². The van der Waals surface area contributed by atoms with Gasteiger partial charge in [-0.15, -0.1) is 6.58 Å². The van der Waals surface area contributed by atoms with Crippen molar-refractivity contribution in [1.82, 2.24) is 14.5 Å². The largest absolute Gasteiger partial charge is 0.497 e. The summed E-state index contributed by atoms with van der Waals surface area (Å²) in [5.74, 6) is 2.09. The Morgan fingerprint density at radius 1 is 1.15 bits per heavy atom. The van der Waals surface area contributed by atoms with Crippen molar-refractivity contribution >= 4 is 22.8 Å². The first-order valence-electron chi connectivity index (χ1n) is 8.56. The van der Waals surface area contributed by atoms with Crippen LogP contribution in [0, 0.1) is 0 Å². The van der Waals surface area contributed by atoms with Crippen LogP contribution in [0.15, 0.2) is 77.0 Å². The SMILES string of the molecule is C=CCn1c(SCc2coc(-c3ccc(OC)cc3)n2)nc2ccccc21. The van der Waals surface area contributed by atoms with Gasteiger partial charge in [0.15, 0.2) is 5.16 Å². The molecule has 0 unspecified atom stereocenters. The molecule has 4 rings (SSSR count). The average Bonchev–Trinajstić information content (AvgIpc) is 3.32. The van der Waals surface area contributed by atoms with Gasteiger partial charge in [0.1, 0.15) is 12.0 Å². The van der Waals surface area contributed by atoms with E-state index in [4.69, 9.17) is 14.1 Å². The number of methoxy groups -OCH3 is 1.